The van der Waals surface area contributed by atoms with Crippen molar-refractivity contribution < 1.29 is 13.6 Å². The number of nitrogens with zero attached hydrogens (tertiary/aromatic N) is 1. The molecule has 1 aliphatic carbocycles. The summed E-state index contributed by atoms with van der Waals surface area (Å²) in [5.41, 5.74) is 5.98. The van der Waals surface area contributed by atoms with Crippen molar-refractivity contribution in [1.29, 1.82) is 0 Å². The van der Waals surface area contributed by atoms with E-state index in [2.05, 4.69) is 0 Å². The number of carbonyl (C=O) groups is 1. The Morgan fingerprint density at radius 3 is 2.35 bits per heavy atom. The second-order valence-electron chi connectivity index (χ2n) is 6.61. The van der Waals surface area contributed by atoms with Gasteiger partial charge in [0.2, 0.25) is 5.91 Å². The number of benzene rings is 1. The van der Waals surface area contributed by atoms with Crippen LogP contribution in [0.2, 0.25) is 0 Å². The number of hydrogen-bond acceptors (Lipinski definition) is 2. The Balaban J connectivity index is 0.00000192. The molecule has 0 spiro atoms. The van der Waals surface area contributed by atoms with Crippen LogP contribution in [0.3, 0.4) is 0 Å². The fourth-order valence-electron chi connectivity index (χ4n) is 3.53. The van der Waals surface area contributed by atoms with Gasteiger partial charge in [0.1, 0.15) is 11.6 Å². The van der Waals surface area contributed by atoms with Gasteiger partial charge < -0.3 is 10.6 Å². The van der Waals surface area contributed by atoms with Crippen LogP contribution in [0.1, 0.15) is 37.7 Å². The average molecular weight is 345 g/mol. The number of likely N-dealkylation sites (tertiary alicyclic amines) is 1. The van der Waals surface area contributed by atoms with Crippen LogP contribution in [0.25, 0.3) is 0 Å². The normalized spacial score (nSPS) is 25.7. The highest BCUT2D eigenvalue weighted by molar-refractivity contribution is 5.85. The molecule has 2 N–H and O–H groups in total. The molecular weight excluding hydrogens is 322 g/mol. The topological polar surface area (TPSA) is 46.3 Å². The molecule has 2 fully saturated rings. The first kappa shape index (κ1) is 18.1. The van der Waals surface area contributed by atoms with E-state index in [4.69, 9.17) is 5.73 Å². The van der Waals surface area contributed by atoms with E-state index in [-0.39, 0.29) is 41.8 Å². The molecule has 0 aromatic heterocycles. The predicted octanol–water partition coefficient (Wildman–Crippen LogP) is 3.08. The quantitative estimate of drug-likeness (QED) is 0.916. The second-order valence-corrected chi connectivity index (χ2v) is 6.61. The van der Waals surface area contributed by atoms with Gasteiger partial charge in [0, 0.05) is 36.5 Å². The lowest BCUT2D eigenvalue weighted by atomic mass is 9.90. The molecule has 1 saturated carbocycles. The Labute approximate surface area is 141 Å². The fraction of sp³-hybridized carbons (Fsp3) is 0.588. The van der Waals surface area contributed by atoms with Crippen LogP contribution in [-0.2, 0) is 4.79 Å². The maximum absolute atomic E-state index is 13.8. The van der Waals surface area contributed by atoms with Gasteiger partial charge in [-0.1, -0.05) is 6.07 Å². The summed E-state index contributed by atoms with van der Waals surface area (Å²) in [7, 11) is 0. The van der Waals surface area contributed by atoms with Crippen molar-refractivity contribution in [3.05, 3.63) is 35.4 Å². The van der Waals surface area contributed by atoms with Crippen molar-refractivity contribution in [1.82, 2.24) is 4.90 Å². The Kier molecular flexibility index (Phi) is 5.63. The van der Waals surface area contributed by atoms with Crippen molar-refractivity contribution >= 4 is 18.3 Å². The minimum absolute atomic E-state index is 0. The molecule has 0 bridgehead atoms. The summed E-state index contributed by atoms with van der Waals surface area (Å²) in [6.07, 6.45) is 2.37. The highest BCUT2D eigenvalue weighted by Gasteiger charge is 2.48. The molecule has 3 nitrogen and oxygen atoms in total. The van der Waals surface area contributed by atoms with Gasteiger partial charge in [-0.25, -0.2) is 8.78 Å². The van der Waals surface area contributed by atoms with Gasteiger partial charge >= 0.3 is 0 Å². The van der Waals surface area contributed by atoms with E-state index in [1.165, 1.54) is 18.2 Å². The minimum atomic E-state index is -0.545. The lowest BCUT2D eigenvalue weighted by molar-refractivity contribution is -0.134. The first-order chi connectivity index (χ1) is 10.5. The van der Waals surface area contributed by atoms with E-state index in [1.54, 1.807) is 0 Å². The lowest BCUT2D eigenvalue weighted by Crippen LogP contribution is -2.43. The smallest absolute Gasteiger partial charge is 0.226 e. The summed E-state index contributed by atoms with van der Waals surface area (Å²) in [6.45, 7) is 3.40. The number of carbonyl (C=O) groups excluding carboxylic acids is 1. The summed E-state index contributed by atoms with van der Waals surface area (Å²) in [4.78, 5) is 14.3. The number of piperidine rings is 1. The van der Waals surface area contributed by atoms with Crippen molar-refractivity contribution in [3.63, 3.8) is 0 Å². The van der Waals surface area contributed by atoms with E-state index in [9.17, 15) is 13.6 Å². The number of halogens is 3. The number of rotatable bonds is 3. The molecule has 1 aliphatic heterocycles. The van der Waals surface area contributed by atoms with Gasteiger partial charge in [-0.2, -0.15) is 0 Å². The van der Waals surface area contributed by atoms with Crippen LogP contribution < -0.4 is 5.73 Å². The molecule has 6 heteroatoms. The Bertz CT molecular complexity index is 553. The predicted molar refractivity (Wildman–Crippen MR) is 87.4 cm³/mol. The van der Waals surface area contributed by atoms with Crippen molar-refractivity contribution in [2.75, 3.05) is 13.1 Å². The summed E-state index contributed by atoms with van der Waals surface area (Å²) in [6, 6.07) is 4.02. The molecule has 1 aromatic rings. The SMILES string of the molecule is CC(N)C1CCN(C(=O)C2CC2c2c(F)cccc2F)CC1.Cl. The van der Waals surface area contributed by atoms with E-state index in [1.807, 2.05) is 11.8 Å². The van der Waals surface area contributed by atoms with Gasteiger partial charge in [-0.05, 0) is 44.2 Å². The number of hydrogen-bond donors (Lipinski definition) is 1. The fourth-order valence-corrected chi connectivity index (χ4v) is 3.53. The Hall–Kier alpha value is -1.20. The van der Waals surface area contributed by atoms with Gasteiger partial charge in [0.05, 0.1) is 0 Å². The molecule has 1 saturated heterocycles. The summed E-state index contributed by atoms with van der Waals surface area (Å²) in [5, 5.41) is 0. The third-order valence-electron chi connectivity index (χ3n) is 5.07. The van der Waals surface area contributed by atoms with Crippen molar-refractivity contribution in [3.8, 4) is 0 Å². The third kappa shape index (κ3) is 3.66. The number of nitrogens with two attached hydrogens (primary N) is 1. The average Bonchev–Trinajstić information content (AvgIpc) is 3.26. The standard InChI is InChI=1S/C17H22F2N2O.ClH/c1-10(20)11-5-7-21(8-6-11)17(22)13-9-12(13)16-14(18)3-2-4-15(16)19;/h2-4,10-13H,5-9,20H2,1H3;1H. The molecule has 23 heavy (non-hydrogen) atoms. The van der Waals surface area contributed by atoms with Gasteiger partial charge in [-0.15, -0.1) is 12.4 Å². The zero-order valence-electron chi connectivity index (χ0n) is 13.2. The van der Waals surface area contributed by atoms with E-state index < -0.39 is 11.6 Å². The Morgan fingerprint density at radius 2 is 1.83 bits per heavy atom. The molecule has 128 valence electrons. The first-order valence-electron chi connectivity index (χ1n) is 7.97. The molecular formula is C17H23ClF2N2O. The molecule has 2 aliphatic rings. The molecule has 1 heterocycles. The third-order valence-corrected chi connectivity index (χ3v) is 5.07. The monoisotopic (exact) mass is 344 g/mol. The van der Waals surface area contributed by atoms with Gasteiger partial charge in [-0.3, -0.25) is 4.79 Å². The van der Waals surface area contributed by atoms with Crippen molar-refractivity contribution in [2.24, 2.45) is 17.6 Å². The molecule has 3 unspecified atom stereocenters. The van der Waals surface area contributed by atoms with E-state index in [0.29, 0.717) is 25.4 Å². The van der Waals surface area contributed by atoms with Crippen molar-refractivity contribution in [2.45, 2.75) is 38.1 Å². The second kappa shape index (κ2) is 7.14. The lowest BCUT2D eigenvalue weighted by Gasteiger charge is -2.34. The maximum Gasteiger partial charge on any atom is 0.226 e. The maximum atomic E-state index is 13.8. The molecule has 0 radical (unpaired) electrons. The van der Waals surface area contributed by atoms with Gasteiger partial charge in [0.25, 0.3) is 0 Å². The summed E-state index contributed by atoms with van der Waals surface area (Å²) in [5.74, 6) is -1.16. The minimum Gasteiger partial charge on any atom is -0.342 e. The Morgan fingerprint density at radius 1 is 1.26 bits per heavy atom. The highest BCUT2D eigenvalue weighted by atomic mass is 35.5. The summed E-state index contributed by atoms with van der Waals surface area (Å²) < 4.78 is 27.6. The van der Waals surface area contributed by atoms with Crippen LogP contribution in [0.4, 0.5) is 8.78 Å². The van der Waals surface area contributed by atoms with Crippen LogP contribution >= 0.6 is 12.4 Å². The van der Waals surface area contributed by atoms with Crippen LogP contribution in [-0.4, -0.2) is 29.9 Å². The number of amides is 1. The van der Waals surface area contributed by atoms with Crippen LogP contribution in [0, 0.1) is 23.5 Å². The van der Waals surface area contributed by atoms with Crippen LogP contribution in [0.15, 0.2) is 18.2 Å². The molecule has 1 amide bonds. The highest BCUT2D eigenvalue weighted by Crippen LogP contribution is 2.50. The van der Waals surface area contributed by atoms with Crippen LogP contribution in [0.5, 0.6) is 0 Å². The summed E-state index contributed by atoms with van der Waals surface area (Å²) >= 11 is 0. The van der Waals surface area contributed by atoms with E-state index >= 15 is 0 Å². The molecule has 1 aromatic carbocycles. The van der Waals surface area contributed by atoms with E-state index in [0.717, 1.165) is 12.8 Å². The molecule has 3 atom stereocenters. The van der Waals surface area contributed by atoms with Gasteiger partial charge in [0.15, 0.2) is 0 Å². The molecule has 3 rings (SSSR count). The zero-order chi connectivity index (χ0) is 15.9. The zero-order valence-corrected chi connectivity index (χ0v) is 14.0. The first-order valence-corrected chi connectivity index (χ1v) is 7.97. The largest absolute Gasteiger partial charge is 0.342 e.